The molecule has 21 heavy (non-hydrogen) atoms. The molecule has 2 rings (SSSR count). The number of aliphatic imine (C=N–C) groups is 1. The number of thioether (sulfide) groups is 1. The largest absolute Gasteiger partial charge is 0.503 e. The summed E-state index contributed by atoms with van der Waals surface area (Å²) in [5.74, 6) is -2.44. The van der Waals surface area contributed by atoms with E-state index in [0.717, 1.165) is 11.8 Å². The monoisotopic (exact) mass is 312 g/mol. The fourth-order valence-electron chi connectivity index (χ4n) is 1.58. The lowest BCUT2D eigenvalue weighted by Gasteiger charge is -2.11. The molecule has 112 valence electrons. The van der Waals surface area contributed by atoms with Gasteiger partial charge in [0, 0.05) is 18.0 Å². The summed E-state index contributed by atoms with van der Waals surface area (Å²) < 4.78 is 4.93. The van der Waals surface area contributed by atoms with Crippen LogP contribution in [-0.4, -0.2) is 55.2 Å². The third-order valence-electron chi connectivity index (χ3n) is 2.74. The average Bonchev–Trinajstić information content (AvgIpc) is 2.81. The van der Waals surface area contributed by atoms with Gasteiger partial charge in [-0.15, -0.1) is 11.8 Å². The van der Waals surface area contributed by atoms with Gasteiger partial charge in [-0.1, -0.05) is 0 Å². The number of aliphatic carboxylic acids is 2. The third kappa shape index (κ3) is 3.07. The van der Waals surface area contributed by atoms with E-state index in [0.29, 0.717) is 0 Å². The molecular formula is C12H12N2O6S. The first kappa shape index (κ1) is 15.1. The Morgan fingerprint density at radius 2 is 2.19 bits per heavy atom. The van der Waals surface area contributed by atoms with Gasteiger partial charge in [-0.3, -0.25) is 4.99 Å². The number of ether oxygens (including phenoxy) is 1. The molecule has 9 heteroatoms. The third-order valence-corrected chi connectivity index (χ3v) is 4.00. The van der Waals surface area contributed by atoms with Gasteiger partial charge >= 0.3 is 11.9 Å². The van der Waals surface area contributed by atoms with Crippen molar-refractivity contribution in [3.05, 3.63) is 18.0 Å². The van der Waals surface area contributed by atoms with Crippen molar-refractivity contribution in [2.75, 3.05) is 12.4 Å². The Labute approximate surface area is 123 Å². The number of rotatable bonds is 5. The molecule has 0 radical (unpaired) electrons. The first-order valence-electron chi connectivity index (χ1n) is 5.82. The molecule has 0 fully saturated rings. The van der Waals surface area contributed by atoms with E-state index in [9.17, 15) is 14.7 Å². The van der Waals surface area contributed by atoms with Crippen molar-refractivity contribution in [1.82, 2.24) is 4.98 Å². The van der Waals surface area contributed by atoms with Gasteiger partial charge in [0.25, 0.3) is 0 Å². The second kappa shape index (κ2) is 5.60. The molecular weight excluding hydrogens is 300 g/mol. The zero-order chi connectivity index (χ0) is 15.6. The minimum absolute atomic E-state index is 0.0466. The number of nitrogens with zero attached hydrogens (tertiary/aromatic N) is 2. The van der Waals surface area contributed by atoms with Crippen molar-refractivity contribution in [3.63, 3.8) is 0 Å². The molecule has 0 saturated heterocycles. The molecule has 0 aromatic carbocycles. The maximum Gasteiger partial charge on any atom is 0.341 e. The van der Waals surface area contributed by atoms with Crippen LogP contribution < -0.4 is 4.74 Å². The van der Waals surface area contributed by atoms with Gasteiger partial charge < -0.3 is 20.1 Å². The highest BCUT2D eigenvalue weighted by Gasteiger charge is 2.39. The standard InChI is InChI=1S/C12H12N2O6S/c1-12(11(18)19)5-21-10(14-12)8-9(17)6(2-3-13-8)20-4-7(15)16/h2-3,17H,4-5H2,1H3,(H,15,16)(H,18,19)/t12-/m1/s1. The van der Waals surface area contributed by atoms with E-state index in [1.807, 2.05) is 0 Å². The number of aromatic hydroxyl groups is 1. The lowest BCUT2D eigenvalue weighted by Crippen LogP contribution is -2.33. The summed E-state index contributed by atoms with van der Waals surface area (Å²) in [7, 11) is 0. The van der Waals surface area contributed by atoms with Crippen LogP contribution in [0.4, 0.5) is 0 Å². The number of pyridine rings is 1. The van der Waals surface area contributed by atoms with E-state index in [2.05, 4.69) is 9.98 Å². The van der Waals surface area contributed by atoms with E-state index in [1.54, 1.807) is 0 Å². The number of hydrogen-bond acceptors (Lipinski definition) is 7. The lowest BCUT2D eigenvalue weighted by atomic mass is 10.1. The molecule has 8 nitrogen and oxygen atoms in total. The van der Waals surface area contributed by atoms with E-state index >= 15 is 0 Å². The second-order valence-electron chi connectivity index (χ2n) is 4.47. The Morgan fingerprint density at radius 3 is 2.76 bits per heavy atom. The van der Waals surface area contributed by atoms with E-state index in [4.69, 9.17) is 14.9 Å². The molecule has 1 aromatic rings. The van der Waals surface area contributed by atoms with Crippen LogP contribution in [0.5, 0.6) is 11.5 Å². The van der Waals surface area contributed by atoms with Gasteiger partial charge in [0.2, 0.25) is 0 Å². The predicted molar refractivity (Wildman–Crippen MR) is 74.1 cm³/mol. The maximum atomic E-state index is 11.1. The van der Waals surface area contributed by atoms with Gasteiger partial charge in [0.1, 0.15) is 10.7 Å². The zero-order valence-electron chi connectivity index (χ0n) is 10.9. The highest BCUT2D eigenvalue weighted by atomic mass is 32.2. The average molecular weight is 312 g/mol. The Hall–Kier alpha value is -2.29. The van der Waals surface area contributed by atoms with Gasteiger partial charge in [0.05, 0.1) is 0 Å². The SMILES string of the molecule is C[C@]1(C(=O)O)CSC(c2nccc(OCC(=O)O)c2O)=N1. The van der Waals surface area contributed by atoms with Crippen LogP contribution in [0.25, 0.3) is 0 Å². The number of carboxylic acid groups (broad SMARTS) is 2. The van der Waals surface area contributed by atoms with Crippen LogP contribution in [-0.2, 0) is 9.59 Å². The summed E-state index contributed by atoms with van der Waals surface area (Å²) in [6.07, 6.45) is 1.33. The number of carbonyl (C=O) groups is 2. The van der Waals surface area contributed by atoms with Crippen molar-refractivity contribution in [1.29, 1.82) is 0 Å². The van der Waals surface area contributed by atoms with Crippen LogP contribution in [0, 0.1) is 0 Å². The van der Waals surface area contributed by atoms with Crippen LogP contribution in [0.3, 0.4) is 0 Å². The summed E-state index contributed by atoms with van der Waals surface area (Å²) in [5, 5.41) is 28.0. The van der Waals surface area contributed by atoms with Crippen LogP contribution in [0.2, 0.25) is 0 Å². The number of hydrogen-bond donors (Lipinski definition) is 3. The predicted octanol–water partition coefficient (Wildman–Crippen LogP) is 0.587. The highest BCUT2D eigenvalue weighted by Crippen LogP contribution is 2.36. The Bertz CT molecular complexity index is 632. The molecule has 0 amide bonds. The molecule has 1 aromatic heterocycles. The Kier molecular flexibility index (Phi) is 4.03. The smallest absolute Gasteiger partial charge is 0.341 e. The van der Waals surface area contributed by atoms with E-state index < -0.39 is 24.1 Å². The highest BCUT2D eigenvalue weighted by molar-refractivity contribution is 8.14. The van der Waals surface area contributed by atoms with Gasteiger partial charge in [-0.2, -0.15) is 0 Å². The molecule has 0 spiro atoms. The minimum atomic E-state index is -1.27. The summed E-state index contributed by atoms with van der Waals surface area (Å²) in [5.41, 5.74) is -1.20. The molecule has 2 heterocycles. The zero-order valence-corrected chi connectivity index (χ0v) is 11.8. The fraction of sp³-hybridized carbons (Fsp3) is 0.333. The van der Waals surface area contributed by atoms with Crippen LogP contribution in [0.1, 0.15) is 12.6 Å². The molecule has 3 N–H and O–H groups in total. The van der Waals surface area contributed by atoms with Gasteiger partial charge in [-0.25, -0.2) is 14.6 Å². The molecule has 0 aliphatic carbocycles. The molecule has 0 unspecified atom stereocenters. The van der Waals surface area contributed by atoms with Gasteiger partial charge in [-0.05, 0) is 6.92 Å². The van der Waals surface area contributed by atoms with Crippen molar-refractivity contribution in [2.45, 2.75) is 12.5 Å². The Balaban J connectivity index is 2.31. The topological polar surface area (TPSA) is 129 Å². The molecule has 1 atom stereocenters. The van der Waals surface area contributed by atoms with Crippen molar-refractivity contribution >= 4 is 28.7 Å². The Morgan fingerprint density at radius 1 is 1.48 bits per heavy atom. The quantitative estimate of drug-likeness (QED) is 0.720. The normalized spacial score (nSPS) is 20.9. The summed E-state index contributed by atoms with van der Waals surface area (Å²) in [6.45, 7) is 0.862. The lowest BCUT2D eigenvalue weighted by molar-refractivity contribution is -0.141. The summed E-state index contributed by atoms with van der Waals surface area (Å²) >= 11 is 1.15. The van der Waals surface area contributed by atoms with Crippen molar-refractivity contribution in [3.8, 4) is 11.5 Å². The second-order valence-corrected chi connectivity index (χ2v) is 5.44. The van der Waals surface area contributed by atoms with Crippen molar-refractivity contribution in [2.24, 2.45) is 4.99 Å². The first-order chi connectivity index (χ1) is 9.83. The molecule has 0 bridgehead atoms. The van der Waals surface area contributed by atoms with E-state index in [1.165, 1.54) is 19.2 Å². The first-order valence-corrected chi connectivity index (χ1v) is 6.81. The number of carboxylic acids is 2. The molecule has 1 aliphatic rings. The summed E-state index contributed by atoms with van der Waals surface area (Å²) in [6, 6.07) is 1.32. The van der Waals surface area contributed by atoms with Gasteiger partial charge in [0.15, 0.2) is 23.6 Å². The number of aromatic nitrogens is 1. The fourth-order valence-corrected chi connectivity index (χ4v) is 2.74. The van der Waals surface area contributed by atoms with Crippen LogP contribution >= 0.6 is 11.8 Å². The molecule has 0 saturated carbocycles. The summed E-state index contributed by atoms with van der Waals surface area (Å²) in [4.78, 5) is 29.6. The van der Waals surface area contributed by atoms with E-state index in [-0.39, 0.29) is 28.0 Å². The minimum Gasteiger partial charge on any atom is -0.503 e. The van der Waals surface area contributed by atoms with Crippen molar-refractivity contribution < 1.29 is 29.6 Å². The molecule has 1 aliphatic heterocycles. The van der Waals surface area contributed by atoms with Crippen LogP contribution in [0.15, 0.2) is 17.3 Å². The maximum absolute atomic E-state index is 11.1.